The molecule has 0 bridgehead atoms. The van der Waals surface area contributed by atoms with Gasteiger partial charge >= 0.3 is 6.18 Å². The molecule has 0 aliphatic carbocycles. The first-order valence-corrected chi connectivity index (χ1v) is 5.96. The van der Waals surface area contributed by atoms with E-state index in [1.165, 1.54) is 0 Å². The molecule has 0 spiro atoms. The summed E-state index contributed by atoms with van der Waals surface area (Å²) in [4.78, 5) is 0. The zero-order valence-corrected chi connectivity index (χ0v) is 9.37. The van der Waals surface area contributed by atoms with E-state index >= 15 is 0 Å². The third-order valence-corrected chi connectivity index (χ3v) is 3.21. The molecule has 1 aliphatic rings. The van der Waals surface area contributed by atoms with E-state index in [0.717, 1.165) is 37.9 Å². The molecule has 6 heteroatoms. The van der Waals surface area contributed by atoms with Crippen molar-refractivity contribution in [3.05, 3.63) is 0 Å². The number of halogens is 3. The van der Waals surface area contributed by atoms with Crippen molar-refractivity contribution in [3.63, 3.8) is 0 Å². The predicted molar refractivity (Wildman–Crippen MR) is 52.7 cm³/mol. The van der Waals surface area contributed by atoms with Crippen LogP contribution in [0.2, 0.25) is 0 Å². The fraction of sp³-hybridized carbons (Fsp3) is 1.00. The average Bonchev–Trinajstić information content (AvgIpc) is 2.18. The van der Waals surface area contributed by atoms with Crippen LogP contribution in [0, 0.1) is 0 Å². The average molecular weight is 244 g/mol. The smallest absolute Gasteiger partial charge is 0.353 e. The largest absolute Gasteiger partial charge is 0.400 e. The maximum atomic E-state index is 12.1. The molecule has 90 valence electrons. The van der Waals surface area contributed by atoms with E-state index in [0.29, 0.717) is 6.61 Å². The molecule has 2 unspecified atom stereocenters. The lowest BCUT2D eigenvalue weighted by Crippen LogP contribution is -2.25. The van der Waals surface area contributed by atoms with Crippen LogP contribution in [-0.2, 0) is 9.47 Å². The minimum atomic E-state index is -4.15. The molecule has 1 aliphatic heterocycles. The minimum absolute atomic E-state index is 0.0331. The second-order valence-electron chi connectivity index (χ2n) is 3.43. The Morgan fingerprint density at radius 3 is 2.73 bits per heavy atom. The fourth-order valence-corrected chi connectivity index (χ4v) is 1.78. The van der Waals surface area contributed by atoms with Crippen molar-refractivity contribution in [3.8, 4) is 0 Å². The van der Waals surface area contributed by atoms with Crippen LogP contribution in [0.3, 0.4) is 0 Å². The van der Waals surface area contributed by atoms with E-state index in [-0.39, 0.29) is 12.2 Å². The minimum Gasteiger partial charge on any atom is -0.353 e. The molecule has 15 heavy (non-hydrogen) atoms. The number of hydrogen-bond acceptors (Lipinski definition) is 3. The first-order chi connectivity index (χ1) is 7.00. The lowest BCUT2D eigenvalue weighted by atomic mass is 10.2. The number of ether oxygens (including phenoxy) is 2. The summed E-state index contributed by atoms with van der Waals surface area (Å²) >= 11 is 0.750. The summed E-state index contributed by atoms with van der Waals surface area (Å²) in [6.45, 7) is 1.78. The molecule has 1 fully saturated rings. The Labute approximate surface area is 91.5 Å². The number of rotatable bonds is 4. The molecule has 0 amide bonds. The van der Waals surface area contributed by atoms with Gasteiger partial charge < -0.3 is 9.47 Å². The highest BCUT2D eigenvalue weighted by atomic mass is 32.2. The van der Waals surface area contributed by atoms with Gasteiger partial charge in [0.1, 0.15) is 0 Å². The molecule has 0 radical (unpaired) electrons. The van der Waals surface area contributed by atoms with Gasteiger partial charge in [-0.25, -0.2) is 0 Å². The molecule has 0 aromatic carbocycles. The number of thioether (sulfide) groups is 1. The van der Waals surface area contributed by atoms with Crippen LogP contribution in [0.4, 0.5) is 13.2 Å². The van der Waals surface area contributed by atoms with Crippen molar-refractivity contribution in [1.29, 1.82) is 0 Å². The standard InChI is InChI=1S/C9H15F3O2S/c1-7(9(10,11)12)15-6-14-8-4-2-3-5-13-8/h7-8H,2-6H2,1H3. The van der Waals surface area contributed by atoms with E-state index in [9.17, 15) is 13.2 Å². The van der Waals surface area contributed by atoms with Crippen LogP contribution in [0.15, 0.2) is 0 Å². The molecule has 2 nitrogen and oxygen atoms in total. The van der Waals surface area contributed by atoms with Crippen molar-refractivity contribution in [2.24, 2.45) is 0 Å². The Kier molecular flexibility index (Phi) is 5.22. The van der Waals surface area contributed by atoms with Crippen molar-refractivity contribution in [2.75, 3.05) is 12.5 Å². The highest BCUT2D eigenvalue weighted by Crippen LogP contribution is 2.30. The van der Waals surface area contributed by atoms with Crippen LogP contribution in [0.25, 0.3) is 0 Å². The molecule has 2 atom stereocenters. The van der Waals surface area contributed by atoms with E-state index in [2.05, 4.69) is 0 Å². The van der Waals surface area contributed by atoms with Gasteiger partial charge in [0.25, 0.3) is 0 Å². The van der Waals surface area contributed by atoms with Gasteiger partial charge in [0, 0.05) is 6.61 Å². The quantitative estimate of drug-likeness (QED) is 0.708. The third kappa shape index (κ3) is 5.08. The molecule has 1 rings (SSSR count). The van der Waals surface area contributed by atoms with Gasteiger partial charge in [-0.05, 0) is 26.2 Å². The van der Waals surface area contributed by atoms with Gasteiger partial charge in [-0.15, -0.1) is 11.8 Å². The van der Waals surface area contributed by atoms with Gasteiger partial charge in [0.2, 0.25) is 0 Å². The van der Waals surface area contributed by atoms with Crippen LogP contribution < -0.4 is 0 Å². The Hall–Kier alpha value is 0.0600. The van der Waals surface area contributed by atoms with Crippen LogP contribution in [0.1, 0.15) is 26.2 Å². The second kappa shape index (κ2) is 5.96. The molecule has 0 N–H and O–H groups in total. The van der Waals surface area contributed by atoms with Crippen LogP contribution >= 0.6 is 11.8 Å². The van der Waals surface area contributed by atoms with Crippen molar-refractivity contribution < 1.29 is 22.6 Å². The highest BCUT2D eigenvalue weighted by Gasteiger charge is 2.36. The van der Waals surface area contributed by atoms with Crippen LogP contribution in [-0.4, -0.2) is 30.3 Å². The van der Waals surface area contributed by atoms with Crippen molar-refractivity contribution in [2.45, 2.75) is 43.9 Å². The van der Waals surface area contributed by atoms with E-state index in [1.54, 1.807) is 0 Å². The van der Waals surface area contributed by atoms with Gasteiger partial charge in [-0.1, -0.05) is 0 Å². The zero-order chi connectivity index (χ0) is 11.3. The molecular weight excluding hydrogens is 229 g/mol. The Bertz CT molecular complexity index is 181. The topological polar surface area (TPSA) is 18.5 Å². The van der Waals surface area contributed by atoms with Crippen LogP contribution in [0.5, 0.6) is 0 Å². The van der Waals surface area contributed by atoms with Gasteiger partial charge in [-0.2, -0.15) is 13.2 Å². The summed E-state index contributed by atoms with van der Waals surface area (Å²) in [6.07, 6.45) is -1.66. The molecule has 1 saturated heterocycles. The fourth-order valence-electron chi connectivity index (χ4n) is 1.15. The van der Waals surface area contributed by atoms with Crippen molar-refractivity contribution >= 4 is 11.8 Å². The molecule has 0 aromatic heterocycles. The summed E-state index contributed by atoms with van der Waals surface area (Å²) < 4.78 is 46.7. The zero-order valence-electron chi connectivity index (χ0n) is 8.55. The summed E-state index contributed by atoms with van der Waals surface area (Å²) in [7, 11) is 0. The summed E-state index contributed by atoms with van der Waals surface area (Å²) in [5, 5.41) is -1.39. The first kappa shape index (κ1) is 13.1. The van der Waals surface area contributed by atoms with E-state index in [4.69, 9.17) is 9.47 Å². The Balaban J connectivity index is 2.10. The Morgan fingerprint density at radius 2 is 2.20 bits per heavy atom. The van der Waals surface area contributed by atoms with Crippen molar-refractivity contribution in [1.82, 2.24) is 0 Å². The molecule has 1 heterocycles. The number of alkyl halides is 3. The van der Waals surface area contributed by atoms with Gasteiger partial charge in [-0.3, -0.25) is 0 Å². The first-order valence-electron chi connectivity index (χ1n) is 4.91. The lowest BCUT2D eigenvalue weighted by molar-refractivity contribution is -0.151. The Morgan fingerprint density at radius 1 is 1.47 bits per heavy atom. The SMILES string of the molecule is CC(SCOC1CCCCO1)C(F)(F)F. The predicted octanol–water partition coefficient (Wildman–Crippen LogP) is 3.17. The highest BCUT2D eigenvalue weighted by molar-refractivity contribution is 7.99. The molecular formula is C9H15F3O2S. The maximum Gasteiger partial charge on any atom is 0.400 e. The van der Waals surface area contributed by atoms with Gasteiger partial charge in [0.15, 0.2) is 6.29 Å². The maximum absolute atomic E-state index is 12.1. The second-order valence-corrected chi connectivity index (χ2v) is 4.71. The van der Waals surface area contributed by atoms with E-state index in [1.807, 2.05) is 0 Å². The molecule has 0 saturated carbocycles. The monoisotopic (exact) mass is 244 g/mol. The lowest BCUT2D eigenvalue weighted by Gasteiger charge is -2.23. The summed E-state index contributed by atoms with van der Waals surface area (Å²) in [5.41, 5.74) is 0. The molecule has 0 aromatic rings. The van der Waals surface area contributed by atoms with E-state index < -0.39 is 11.4 Å². The summed E-state index contributed by atoms with van der Waals surface area (Å²) in [6, 6.07) is 0. The van der Waals surface area contributed by atoms with Gasteiger partial charge in [0.05, 0.1) is 11.2 Å². The third-order valence-electron chi connectivity index (χ3n) is 2.17. The number of hydrogen-bond donors (Lipinski definition) is 0. The summed E-state index contributed by atoms with van der Waals surface area (Å²) in [5.74, 6) is 0.0331. The normalized spacial score (nSPS) is 25.2.